The molecule has 1 aromatic carbocycles. The van der Waals surface area contributed by atoms with Gasteiger partial charge in [0.05, 0.1) is 6.33 Å². The molecule has 1 amide bonds. The molecule has 5 nitrogen and oxygen atoms in total. The molecule has 0 bridgehead atoms. The Morgan fingerprint density at radius 3 is 2.78 bits per heavy atom. The number of carbonyl (C=O) groups excluding carboxylic acids is 1. The molecule has 0 unspecified atom stereocenters. The maximum atomic E-state index is 12.8. The molecule has 2 aromatic rings. The number of rotatable bonds is 4. The molecule has 1 aliphatic carbocycles. The topological polar surface area (TPSA) is 58.4 Å². The van der Waals surface area contributed by atoms with Crippen LogP contribution in [0, 0.1) is 5.92 Å². The zero-order valence-electron chi connectivity index (χ0n) is 13.4. The summed E-state index contributed by atoms with van der Waals surface area (Å²) in [6, 6.07) is 7.89. The summed E-state index contributed by atoms with van der Waals surface area (Å²) >= 11 is 0. The highest BCUT2D eigenvalue weighted by Gasteiger charge is 2.26. The van der Waals surface area contributed by atoms with Gasteiger partial charge in [-0.1, -0.05) is 6.07 Å². The Balaban J connectivity index is 1.71. The number of aliphatic hydroxyl groups excluding tert-OH is 1. The monoisotopic (exact) mass is 313 g/mol. The molecule has 3 rings (SSSR count). The molecule has 23 heavy (non-hydrogen) atoms. The van der Waals surface area contributed by atoms with Crippen molar-refractivity contribution in [2.24, 2.45) is 5.92 Å². The van der Waals surface area contributed by atoms with Crippen LogP contribution in [0.4, 0.5) is 0 Å². The summed E-state index contributed by atoms with van der Waals surface area (Å²) in [4.78, 5) is 18.7. The van der Waals surface area contributed by atoms with Gasteiger partial charge in [0.25, 0.3) is 5.91 Å². The van der Waals surface area contributed by atoms with Gasteiger partial charge in [0, 0.05) is 43.3 Å². The maximum Gasteiger partial charge on any atom is 0.253 e. The average molecular weight is 313 g/mol. The van der Waals surface area contributed by atoms with Gasteiger partial charge in [-0.25, -0.2) is 4.98 Å². The van der Waals surface area contributed by atoms with Gasteiger partial charge in [-0.15, -0.1) is 0 Å². The van der Waals surface area contributed by atoms with Crippen LogP contribution >= 0.6 is 0 Å². The standard InChI is InChI=1S/C18H23N3O2/c1-20(16-7-5-14(12-22)6-8-16)18(23)15-3-2-4-17(11-15)21-10-9-19-13-21/h2-4,9-11,13-14,16,22H,5-8,12H2,1H3. The molecule has 0 spiro atoms. The molecule has 1 fully saturated rings. The van der Waals surface area contributed by atoms with Crippen LogP contribution in [0.1, 0.15) is 36.0 Å². The normalized spacial score (nSPS) is 21.1. The first-order chi connectivity index (χ1) is 11.2. The summed E-state index contributed by atoms with van der Waals surface area (Å²) < 4.78 is 1.89. The van der Waals surface area contributed by atoms with Crippen LogP contribution in [-0.2, 0) is 0 Å². The number of nitrogens with zero attached hydrogens (tertiary/aromatic N) is 3. The molecule has 1 N–H and O–H groups in total. The van der Waals surface area contributed by atoms with E-state index in [4.69, 9.17) is 0 Å². The maximum absolute atomic E-state index is 12.8. The van der Waals surface area contributed by atoms with Gasteiger partial charge >= 0.3 is 0 Å². The van der Waals surface area contributed by atoms with Gasteiger partial charge in [0.2, 0.25) is 0 Å². The van der Waals surface area contributed by atoms with Crippen molar-refractivity contribution in [3.05, 3.63) is 48.5 Å². The van der Waals surface area contributed by atoms with E-state index in [2.05, 4.69) is 4.98 Å². The van der Waals surface area contributed by atoms with E-state index in [1.54, 1.807) is 12.5 Å². The van der Waals surface area contributed by atoms with Crippen molar-refractivity contribution in [1.29, 1.82) is 0 Å². The van der Waals surface area contributed by atoms with Gasteiger partial charge in [-0.2, -0.15) is 0 Å². The number of imidazole rings is 1. The molecule has 122 valence electrons. The van der Waals surface area contributed by atoms with Crippen LogP contribution in [0.2, 0.25) is 0 Å². The number of carbonyl (C=O) groups is 1. The van der Waals surface area contributed by atoms with Crippen LogP contribution < -0.4 is 0 Å². The van der Waals surface area contributed by atoms with Crippen LogP contribution in [0.3, 0.4) is 0 Å². The van der Waals surface area contributed by atoms with Gasteiger partial charge in [0.1, 0.15) is 0 Å². The van der Waals surface area contributed by atoms with Crippen LogP contribution in [-0.4, -0.2) is 45.2 Å². The number of amides is 1. The summed E-state index contributed by atoms with van der Waals surface area (Å²) in [5.41, 5.74) is 1.63. The zero-order valence-corrected chi connectivity index (χ0v) is 13.4. The number of aliphatic hydroxyl groups is 1. The Kier molecular flexibility index (Phi) is 4.76. The van der Waals surface area contributed by atoms with Crippen molar-refractivity contribution in [2.75, 3.05) is 13.7 Å². The summed E-state index contributed by atoms with van der Waals surface area (Å²) in [7, 11) is 1.89. The molecule has 1 saturated carbocycles. The Bertz CT molecular complexity index is 646. The lowest BCUT2D eigenvalue weighted by molar-refractivity contribution is 0.0653. The molecule has 0 aliphatic heterocycles. The molecule has 1 heterocycles. The highest BCUT2D eigenvalue weighted by atomic mass is 16.3. The fourth-order valence-electron chi connectivity index (χ4n) is 3.30. The van der Waals surface area contributed by atoms with Crippen molar-refractivity contribution < 1.29 is 9.90 Å². The minimum atomic E-state index is 0.0550. The lowest BCUT2D eigenvalue weighted by Gasteiger charge is -2.34. The second kappa shape index (κ2) is 6.96. The Labute approximate surface area is 136 Å². The van der Waals surface area contributed by atoms with E-state index in [1.807, 2.05) is 47.0 Å². The van der Waals surface area contributed by atoms with Crippen molar-refractivity contribution in [1.82, 2.24) is 14.5 Å². The lowest BCUT2D eigenvalue weighted by Crippen LogP contribution is -2.39. The van der Waals surface area contributed by atoms with E-state index < -0.39 is 0 Å². The third-order valence-electron chi connectivity index (χ3n) is 4.84. The lowest BCUT2D eigenvalue weighted by atomic mass is 9.86. The van der Waals surface area contributed by atoms with Gasteiger partial charge in [-0.05, 0) is 49.8 Å². The predicted molar refractivity (Wildman–Crippen MR) is 88.5 cm³/mol. The number of hydrogen-bond acceptors (Lipinski definition) is 3. The average Bonchev–Trinajstić information content (AvgIpc) is 3.15. The molecular formula is C18H23N3O2. The largest absolute Gasteiger partial charge is 0.396 e. The van der Waals surface area contributed by atoms with Crippen LogP contribution in [0.15, 0.2) is 43.0 Å². The molecule has 1 aliphatic rings. The smallest absolute Gasteiger partial charge is 0.253 e. The van der Waals surface area contributed by atoms with Crippen molar-refractivity contribution in [3.8, 4) is 5.69 Å². The molecule has 5 heteroatoms. The number of hydrogen-bond donors (Lipinski definition) is 1. The quantitative estimate of drug-likeness (QED) is 0.943. The van der Waals surface area contributed by atoms with E-state index in [9.17, 15) is 9.90 Å². The second-order valence-corrected chi connectivity index (χ2v) is 6.29. The zero-order chi connectivity index (χ0) is 16.2. The van der Waals surface area contributed by atoms with Gasteiger partial charge < -0.3 is 14.6 Å². The first-order valence-electron chi connectivity index (χ1n) is 8.15. The van der Waals surface area contributed by atoms with E-state index in [0.717, 1.165) is 31.4 Å². The summed E-state index contributed by atoms with van der Waals surface area (Å²) in [5, 5.41) is 9.24. The molecule has 0 atom stereocenters. The molecule has 0 saturated heterocycles. The highest BCUT2D eigenvalue weighted by Crippen LogP contribution is 2.27. The first kappa shape index (κ1) is 15.7. The number of aromatic nitrogens is 2. The van der Waals surface area contributed by atoms with Crippen molar-refractivity contribution in [2.45, 2.75) is 31.7 Å². The summed E-state index contributed by atoms with van der Waals surface area (Å²) in [6.07, 6.45) is 9.23. The van der Waals surface area contributed by atoms with E-state index in [1.165, 1.54) is 0 Å². The van der Waals surface area contributed by atoms with E-state index in [0.29, 0.717) is 11.5 Å². The molecule has 1 aromatic heterocycles. The predicted octanol–water partition coefficient (Wildman–Crippen LogP) is 2.50. The third kappa shape index (κ3) is 3.45. The van der Waals surface area contributed by atoms with Crippen molar-refractivity contribution in [3.63, 3.8) is 0 Å². The van der Waals surface area contributed by atoms with Crippen LogP contribution in [0.5, 0.6) is 0 Å². The molecule has 0 radical (unpaired) electrons. The van der Waals surface area contributed by atoms with Crippen molar-refractivity contribution >= 4 is 5.91 Å². The Hall–Kier alpha value is -2.14. The SMILES string of the molecule is CN(C(=O)c1cccc(-n2ccnc2)c1)C1CCC(CO)CC1. The number of benzene rings is 1. The van der Waals surface area contributed by atoms with E-state index in [-0.39, 0.29) is 18.6 Å². The summed E-state index contributed by atoms with van der Waals surface area (Å²) in [5.74, 6) is 0.457. The third-order valence-corrected chi connectivity index (χ3v) is 4.84. The Morgan fingerprint density at radius 1 is 1.35 bits per heavy atom. The van der Waals surface area contributed by atoms with Crippen LogP contribution in [0.25, 0.3) is 5.69 Å². The summed E-state index contributed by atoms with van der Waals surface area (Å²) in [6.45, 7) is 0.261. The van der Waals surface area contributed by atoms with E-state index >= 15 is 0 Å². The Morgan fingerprint density at radius 2 is 2.13 bits per heavy atom. The van der Waals surface area contributed by atoms with Gasteiger partial charge in [0.15, 0.2) is 0 Å². The molecular weight excluding hydrogens is 290 g/mol. The highest BCUT2D eigenvalue weighted by molar-refractivity contribution is 5.94. The van der Waals surface area contributed by atoms with Gasteiger partial charge in [-0.3, -0.25) is 4.79 Å². The fraction of sp³-hybridized carbons (Fsp3) is 0.444. The second-order valence-electron chi connectivity index (χ2n) is 6.29. The minimum absolute atomic E-state index is 0.0550. The first-order valence-corrected chi connectivity index (χ1v) is 8.15. The fourth-order valence-corrected chi connectivity index (χ4v) is 3.30. The minimum Gasteiger partial charge on any atom is -0.396 e.